The molecule has 0 heterocycles. The van der Waals surface area contributed by atoms with Gasteiger partial charge in [-0.2, -0.15) is 0 Å². The highest BCUT2D eigenvalue weighted by molar-refractivity contribution is 7.84. The Labute approximate surface area is 103 Å². The summed E-state index contributed by atoms with van der Waals surface area (Å²) in [6, 6.07) is 7.39. The van der Waals surface area contributed by atoms with Crippen LogP contribution in [0.5, 0.6) is 0 Å². The van der Waals surface area contributed by atoms with E-state index in [-0.39, 0.29) is 0 Å². The number of benzene rings is 1. The Balaban J connectivity index is 2.55. The fraction of sp³-hybridized carbons (Fsp3) is 0.455. The Bertz CT molecular complexity index is 353. The molecule has 0 radical (unpaired) electrons. The zero-order valence-corrected chi connectivity index (χ0v) is 10.9. The van der Waals surface area contributed by atoms with Crippen LogP contribution >= 0.6 is 11.6 Å². The zero-order valence-electron chi connectivity index (χ0n) is 9.31. The highest BCUT2D eigenvalue weighted by atomic mass is 35.5. The normalized spacial score (nSPS) is 13.0. The maximum Gasteiger partial charge on any atom is 0.168 e. The zero-order chi connectivity index (χ0) is 12.0. The van der Waals surface area contributed by atoms with Gasteiger partial charge in [-0.25, -0.2) is 0 Å². The molecular formula is C11H15ClO3S. The maximum atomic E-state index is 11.8. The lowest BCUT2D eigenvalue weighted by Gasteiger charge is -2.12. The highest BCUT2D eigenvalue weighted by Gasteiger charge is 2.12. The van der Waals surface area contributed by atoms with Crippen LogP contribution in [0.15, 0.2) is 24.3 Å². The van der Waals surface area contributed by atoms with Gasteiger partial charge in [0.05, 0.1) is 11.5 Å². The van der Waals surface area contributed by atoms with E-state index in [0.717, 1.165) is 5.56 Å². The first kappa shape index (κ1) is 13.6. The van der Waals surface area contributed by atoms with Crippen molar-refractivity contribution in [3.05, 3.63) is 34.9 Å². The largest absolute Gasteiger partial charge is 0.355 e. The van der Waals surface area contributed by atoms with Gasteiger partial charge in [0, 0.05) is 30.0 Å². The van der Waals surface area contributed by atoms with E-state index < -0.39 is 17.1 Å². The van der Waals surface area contributed by atoms with Crippen molar-refractivity contribution in [1.82, 2.24) is 0 Å². The maximum absolute atomic E-state index is 11.8. The van der Waals surface area contributed by atoms with Crippen LogP contribution in [0.1, 0.15) is 5.56 Å². The summed E-state index contributed by atoms with van der Waals surface area (Å²) < 4.78 is 21.8. The van der Waals surface area contributed by atoms with Crippen molar-refractivity contribution >= 4 is 22.4 Å². The third kappa shape index (κ3) is 4.22. The summed E-state index contributed by atoms with van der Waals surface area (Å²) in [6.07, 6.45) is -0.427. The van der Waals surface area contributed by atoms with Crippen molar-refractivity contribution in [2.24, 2.45) is 0 Å². The minimum absolute atomic E-state index is 0.345. The lowest BCUT2D eigenvalue weighted by molar-refractivity contribution is -0.0847. The van der Waals surface area contributed by atoms with E-state index in [2.05, 4.69) is 0 Å². The van der Waals surface area contributed by atoms with E-state index in [9.17, 15) is 4.21 Å². The number of ether oxygens (including phenoxy) is 2. The average molecular weight is 263 g/mol. The number of hydrogen-bond acceptors (Lipinski definition) is 3. The Morgan fingerprint density at radius 1 is 1.31 bits per heavy atom. The van der Waals surface area contributed by atoms with E-state index in [1.807, 2.05) is 18.2 Å². The Kier molecular flexibility index (Phi) is 5.98. The Morgan fingerprint density at radius 2 is 1.94 bits per heavy atom. The minimum Gasteiger partial charge on any atom is -0.355 e. The molecule has 0 aliphatic heterocycles. The molecule has 0 fully saturated rings. The van der Waals surface area contributed by atoms with Crippen molar-refractivity contribution in [2.45, 2.75) is 12.0 Å². The van der Waals surface area contributed by atoms with Gasteiger partial charge in [0.25, 0.3) is 0 Å². The fourth-order valence-corrected chi connectivity index (χ4v) is 2.81. The quantitative estimate of drug-likeness (QED) is 0.738. The smallest absolute Gasteiger partial charge is 0.168 e. The molecule has 3 nitrogen and oxygen atoms in total. The van der Waals surface area contributed by atoms with Crippen molar-refractivity contribution in [3.63, 3.8) is 0 Å². The summed E-state index contributed by atoms with van der Waals surface area (Å²) >= 11 is 5.98. The van der Waals surface area contributed by atoms with E-state index >= 15 is 0 Å². The van der Waals surface area contributed by atoms with Crippen LogP contribution in [-0.4, -0.2) is 30.5 Å². The molecule has 90 valence electrons. The predicted molar refractivity (Wildman–Crippen MR) is 66.0 cm³/mol. The third-order valence-corrected chi connectivity index (χ3v) is 3.77. The minimum atomic E-state index is -1.05. The molecular weight excluding hydrogens is 248 g/mol. The molecule has 16 heavy (non-hydrogen) atoms. The number of rotatable bonds is 6. The first-order valence-corrected chi connectivity index (χ1v) is 6.68. The molecule has 0 N–H and O–H groups in total. The van der Waals surface area contributed by atoms with Gasteiger partial charge >= 0.3 is 0 Å². The summed E-state index contributed by atoms with van der Waals surface area (Å²) in [4.78, 5) is 0. The van der Waals surface area contributed by atoms with E-state index in [1.54, 1.807) is 6.07 Å². The van der Waals surface area contributed by atoms with Crippen LogP contribution in [-0.2, 0) is 26.0 Å². The molecule has 5 heteroatoms. The van der Waals surface area contributed by atoms with Crippen LogP contribution in [0.25, 0.3) is 0 Å². The molecule has 1 aromatic rings. The summed E-state index contributed by atoms with van der Waals surface area (Å²) in [7, 11) is 2.01. The molecule has 0 saturated carbocycles. The van der Waals surface area contributed by atoms with Gasteiger partial charge in [-0.3, -0.25) is 4.21 Å². The molecule has 0 aliphatic rings. The van der Waals surface area contributed by atoms with Crippen LogP contribution in [0.3, 0.4) is 0 Å². The second kappa shape index (κ2) is 7.01. The summed E-state index contributed by atoms with van der Waals surface area (Å²) in [5.41, 5.74) is 0.883. The molecule has 1 rings (SSSR count). The SMILES string of the molecule is COC(CS(=O)Cc1ccccc1Cl)OC. The first-order chi connectivity index (χ1) is 7.67. The van der Waals surface area contributed by atoms with Gasteiger partial charge in [-0.1, -0.05) is 29.8 Å². The monoisotopic (exact) mass is 262 g/mol. The van der Waals surface area contributed by atoms with Gasteiger partial charge in [-0.15, -0.1) is 0 Å². The van der Waals surface area contributed by atoms with Crippen LogP contribution in [0, 0.1) is 0 Å². The van der Waals surface area contributed by atoms with Crippen LogP contribution in [0.4, 0.5) is 0 Å². The number of halogens is 1. The van der Waals surface area contributed by atoms with Crippen LogP contribution < -0.4 is 0 Å². The summed E-state index contributed by atoms with van der Waals surface area (Å²) in [5.74, 6) is 0.765. The van der Waals surface area contributed by atoms with E-state index in [1.165, 1.54) is 14.2 Å². The number of hydrogen-bond donors (Lipinski definition) is 0. The van der Waals surface area contributed by atoms with Gasteiger partial charge in [-0.05, 0) is 11.6 Å². The first-order valence-electron chi connectivity index (χ1n) is 4.81. The molecule has 1 aromatic carbocycles. The van der Waals surface area contributed by atoms with Gasteiger partial charge < -0.3 is 9.47 Å². The van der Waals surface area contributed by atoms with Crippen molar-refractivity contribution in [1.29, 1.82) is 0 Å². The summed E-state index contributed by atoms with van der Waals surface area (Å²) in [6.45, 7) is 0. The second-order valence-electron chi connectivity index (χ2n) is 3.24. The molecule has 0 amide bonds. The molecule has 0 saturated heterocycles. The van der Waals surface area contributed by atoms with E-state index in [4.69, 9.17) is 21.1 Å². The Morgan fingerprint density at radius 3 is 2.50 bits per heavy atom. The number of methoxy groups -OCH3 is 2. The lowest BCUT2D eigenvalue weighted by atomic mass is 10.2. The third-order valence-electron chi connectivity index (χ3n) is 2.12. The lowest BCUT2D eigenvalue weighted by Crippen LogP contribution is -2.22. The fourth-order valence-electron chi connectivity index (χ4n) is 1.23. The van der Waals surface area contributed by atoms with Gasteiger partial charge in [0.1, 0.15) is 0 Å². The second-order valence-corrected chi connectivity index (χ2v) is 5.15. The molecule has 0 bridgehead atoms. The Hall–Kier alpha value is -0.420. The highest BCUT2D eigenvalue weighted by Crippen LogP contribution is 2.17. The van der Waals surface area contributed by atoms with Crippen molar-refractivity contribution in [3.8, 4) is 0 Å². The van der Waals surface area contributed by atoms with Crippen molar-refractivity contribution < 1.29 is 13.7 Å². The predicted octanol–water partition coefficient (Wildman–Crippen LogP) is 2.21. The average Bonchev–Trinajstić information content (AvgIpc) is 2.29. The summed E-state index contributed by atoms with van der Waals surface area (Å²) in [5, 5.41) is 0.641. The standard InChI is InChI=1S/C11H15ClO3S/c1-14-11(15-2)8-16(13)7-9-5-3-4-6-10(9)12/h3-6,11H,7-8H2,1-2H3. The molecule has 0 aromatic heterocycles. The van der Waals surface area contributed by atoms with Gasteiger partial charge in [0.2, 0.25) is 0 Å². The molecule has 0 aliphatic carbocycles. The van der Waals surface area contributed by atoms with Gasteiger partial charge in [0.15, 0.2) is 6.29 Å². The van der Waals surface area contributed by atoms with Crippen molar-refractivity contribution in [2.75, 3.05) is 20.0 Å². The topological polar surface area (TPSA) is 35.5 Å². The van der Waals surface area contributed by atoms with Crippen LogP contribution in [0.2, 0.25) is 5.02 Å². The molecule has 1 unspecified atom stereocenters. The molecule has 1 atom stereocenters. The molecule has 0 spiro atoms. The van der Waals surface area contributed by atoms with E-state index in [0.29, 0.717) is 16.5 Å².